The summed E-state index contributed by atoms with van der Waals surface area (Å²) in [5, 5.41) is 8.94. The number of hydrogen-bond donors (Lipinski definition) is 1. The number of carboxylic acids is 1. The molecule has 0 radical (unpaired) electrons. The number of carboxylic acid groups (broad SMARTS) is 1. The van der Waals surface area contributed by atoms with Gasteiger partial charge in [0, 0.05) is 11.1 Å². The summed E-state index contributed by atoms with van der Waals surface area (Å²) in [6.45, 7) is 2.04. The minimum atomic E-state index is -0.935. The van der Waals surface area contributed by atoms with E-state index in [0.29, 0.717) is 0 Å². The third kappa shape index (κ3) is 2.86. The number of aromatic carboxylic acids is 1. The van der Waals surface area contributed by atoms with Gasteiger partial charge in [-0.05, 0) is 31.2 Å². The van der Waals surface area contributed by atoms with E-state index in [1.54, 1.807) is 24.3 Å². The van der Waals surface area contributed by atoms with Gasteiger partial charge >= 0.3 is 5.97 Å². The maximum absolute atomic E-state index is 10.9. The van der Waals surface area contributed by atoms with E-state index in [4.69, 9.17) is 5.11 Å². The summed E-state index contributed by atoms with van der Waals surface area (Å²) in [5.41, 5.74) is 4.94. The Bertz CT molecular complexity index is 827. The maximum Gasteiger partial charge on any atom is 0.335 e. The van der Waals surface area contributed by atoms with Crippen LogP contribution >= 0.6 is 0 Å². The molecular weight excluding hydrogens is 276 g/mol. The molecule has 0 amide bonds. The summed E-state index contributed by atoms with van der Waals surface area (Å²) >= 11 is 0. The molecule has 3 rings (SSSR count). The van der Waals surface area contributed by atoms with E-state index in [9.17, 15) is 4.79 Å². The minimum absolute atomic E-state index is 0.261. The summed E-state index contributed by atoms with van der Waals surface area (Å²) in [5.74, 6) is -0.935. The summed E-state index contributed by atoms with van der Waals surface area (Å²) in [4.78, 5) is 19.5. The fourth-order valence-corrected chi connectivity index (χ4v) is 2.26. The van der Waals surface area contributed by atoms with E-state index < -0.39 is 5.97 Å². The normalized spacial score (nSPS) is 10.4. The van der Waals surface area contributed by atoms with Gasteiger partial charge in [-0.3, -0.25) is 0 Å². The number of aryl methyl sites for hydroxylation is 1. The van der Waals surface area contributed by atoms with Gasteiger partial charge in [0.15, 0.2) is 0 Å². The molecular formula is C18H14N2O2. The second kappa shape index (κ2) is 5.77. The summed E-state index contributed by atoms with van der Waals surface area (Å²) in [7, 11) is 0. The quantitative estimate of drug-likeness (QED) is 0.796. The van der Waals surface area contributed by atoms with Crippen molar-refractivity contribution >= 4 is 5.97 Å². The molecule has 108 valence electrons. The molecule has 0 atom stereocenters. The Hall–Kier alpha value is -3.01. The van der Waals surface area contributed by atoms with Gasteiger partial charge < -0.3 is 5.11 Å². The van der Waals surface area contributed by atoms with Crippen LogP contribution in [-0.2, 0) is 0 Å². The molecule has 4 heteroatoms. The number of nitrogens with zero attached hydrogens (tertiary/aromatic N) is 2. The molecule has 22 heavy (non-hydrogen) atoms. The van der Waals surface area contributed by atoms with Crippen LogP contribution in [0.5, 0.6) is 0 Å². The maximum atomic E-state index is 10.9. The predicted molar refractivity (Wildman–Crippen MR) is 84.6 cm³/mol. The minimum Gasteiger partial charge on any atom is -0.478 e. The lowest BCUT2D eigenvalue weighted by Crippen LogP contribution is -1.95. The Balaban J connectivity index is 1.99. The van der Waals surface area contributed by atoms with Gasteiger partial charge in [-0.15, -0.1) is 0 Å². The zero-order chi connectivity index (χ0) is 15.5. The van der Waals surface area contributed by atoms with Gasteiger partial charge in [-0.1, -0.05) is 35.9 Å². The van der Waals surface area contributed by atoms with Gasteiger partial charge in [-0.2, -0.15) is 0 Å². The smallest absolute Gasteiger partial charge is 0.335 e. The highest BCUT2D eigenvalue weighted by atomic mass is 16.4. The number of benzene rings is 2. The largest absolute Gasteiger partial charge is 0.478 e. The molecule has 0 bridgehead atoms. The van der Waals surface area contributed by atoms with Gasteiger partial charge in [0.05, 0.1) is 17.0 Å². The number of hydrogen-bond acceptors (Lipinski definition) is 3. The van der Waals surface area contributed by atoms with Crippen molar-refractivity contribution in [3.05, 3.63) is 72.1 Å². The zero-order valence-corrected chi connectivity index (χ0v) is 12.0. The van der Waals surface area contributed by atoms with Crippen molar-refractivity contribution in [3.8, 4) is 22.5 Å². The summed E-state index contributed by atoms with van der Waals surface area (Å²) in [6, 6.07) is 16.7. The number of carbonyl (C=O) groups is 1. The van der Waals surface area contributed by atoms with Gasteiger partial charge in [-0.25, -0.2) is 14.8 Å². The third-order valence-corrected chi connectivity index (χ3v) is 3.41. The van der Waals surface area contributed by atoms with Crippen molar-refractivity contribution in [2.24, 2.45) is 0 Å². The van der Waals surface area contributed by atoms with Crippen molar-refractivity contribution in [3.63, 3.8) is 0 Å². The fraction of sp³-hybridized carbons (Fsp3) is 0.0556. The van der Waals surface area contributed by atoms with Crippen LogP contribution < -0.4 is 0 Å². The Morgan fingerprint density at radius 1 is 0.909 bits per heavy atom. The molecule has 0 aliphatic carbocycles. The fourth-order valence-electron chi connectivity index (χ4n) is 2.26. The molecule has 0 aliphatic heterocycles. The Kier molecular flexibility index (Phi) is 3.66. The molecule has 1 heterocycles. The number of rotatable bonds is 3. The first-order valence-electron chi connectivity index (χ1n) is 6.86. The molecule has 1 N–H and O–H groups in total. The van der Waals surface area contributed by atoms with Gasteiger partial charge in [0.25, 0.3) is 0 Å². The number of aromatic nitrogens is 2. The SMILES string of the molecule is Cc1cccc(-c2cc(-c3ccc(C(=O)O)cc3)ncn2)c1. The van der Waals surface area contributed by atoms with Crippen LogP contribution in [0.4, 0.5) is 0 Å². The first-order chi connectivity index (χ1) is 10.6. The van der Waals surface area contributed by atoms with E-state index >= 15 is 0 Å². The van der Waals surface area contributed by atoms with E-state index in [1.807, 2.05) is 31.2 Å². The van der Waals surface area contributed by atoms with Crippen LogP contribution in [0.3, 0.4) is 0 Å². The molecule has 0 saturated carbocycles. The third-order valence-electron chi connectivity index (χ3n) is 3.41. The average Bonchev–Trinajstić information content (AvgIpc) is 2.55. The van der Waals surface area contributed by atoms with Crippen molar-refractivity contribution in [2.45, 2.75) is 6.92 Å². The van der Waals surface area contributed by atoms with Gasteiger partial charge in [0.2, 0.25) is 0 Å². The van der Waals surface area contributed by atoms with E-state index in [1.165, 1.54) is 11.9 Å². The molecule has 3 aromatic rings. The van der Waals surface area contributed by atoms with Gasteiger partial charge in [0.1, 0.15) is 6.33 Å². The van der Waals surface area contributed by atoms with E-state index in [-0.39, 0.29) is 5.56 Å². The monoisotopic (exact) mass is 290 g/mol. The molecule has 2 aromatic carbocycles. The van der Waals surface area contributed by atoms with Crippen LogP contribution in [0.2, 0.25) is 0 Å². The van der Waals surface area contributed by atoms with Crippen LogP contribution in [-0.4, -0.2) is 21.0 Å². The lowest BCUT2D eigenvalue weighted by atomic mass is 10.1. The Labute approximate surface area is 128 Å². The highest BCUT2D eigenvalue weighted by molar-refractivity contribution is 5.88. The Morgan fingerprint density at radius 3 is 2.23 bits per heavy atom. The van der Waals surface area contributed by atoms with Crippen molar-refractivity contribution in [1.29, 1.82) is 0 Å². The highest BCUT2D eigenvalue weighted by Crippen LogP contribution is 2.23. The standard InChI is InChI=1S/C18H14N2O2/c1-12-3-2-4-15(9-12)17-10-16(19-11-20-17)13-5-7-14(8-6-13)18(21)22/h2-11H,1H3,(H,21,22). The summed E-state index contributed by atoms with van der Waals surface area (Å²) < 4.78 is 0. The molecule has 0 unspecified atom stereocenters. The van der Waals surface area contributed by atoms with E-state index in [0.717, 1.165) is 22.5 Å². The highest BCUT2D eigenvalue weighted by Gasteiger charge is 2.06. The first kappa shape index (κ1) is 13.9. The lowest BCUT2D eigenvalue weighted by Gasteiger charge is -2.05. The zero-order valence-electron chi connectivity index (χ0n) is 12.0. The van der Waals surface area contributed by atoms with Crippen LogP contribution in [0.1, 0.15) is 15.9 Å². The van der Waals surface area contributed by atoms with Crippen molar-refractivity contribution in [2.75, 3.05) is 0 Å². The van der Waals surface area contributed by atoms with Crippen LogP contribution in [0.25, 0.3) is 22.5 Å². The summed E-state index contributed by atoms with van der Waals surface area (Å²) in [6.07, 6.45) is 1.53. The molecule has 1 aromatic heterocycles. The molecule has 0 fully saturated rings. The van der Waals surface area contributed by atoms with Crippen molar-refractivity contribution < 1.29 is 9.90 Å². The second-order valence-electron chi connectivity index (χ2n) is 5.04. The predicted octanol–water partition coefficient (Wildman–Crippen LogP) is 3.82. The lowest BCUT2D eigenvalue weighted by molar-refractivity contribution is 0.0697. The first-order valence-corrected chi connectivity index (χ1v) is 6.86. The van der Waals surface area contributed by atoms with E-state index in [2.05, 4.69) is 16.0 Å². The molecule has 0 aliphatic rings. The average molecular weight is 290 g/mol. The topological polar surface area (TPSA) is 63.1 Å². The molecule has 0 saturated heterocycles. The Morgan fingerprint density at radius 2 is 1.59 bits per heavy atom. The molecule has 0 spiro atoms. The van der Waals surface area contributed by atoms with Crippen LogP contribution in [0.15, 0.2) is 60.9 Å². The van der Waals surface area contributed by atoms with Crippen molar-refractivity contribution in [1.82, 2.24) is 9.97 Å². The second-order valence-corrected chi connectivity index (χ2v) is 5.04. The molecule has 4 nitrogen and oxygen atoms in total. The van der Waals surface area contributed by atoms with Crippen LogP contribution in [0, 0.1) is 6.92 Å².